The Balaban J connectivity index is 2.58. The van der Waals surface area contributed by atoms with Crippen molar-refractivity contribution in [2.45, 2.75) is 83.3 Å². The predicted molar refractivity (Wildman–Crippen MR) is 102 cm³/mol. The highest BCUT2D eigenvalue weighted by Gasteiger charge is 2.39. The van der Waals surface area contributed by atoms with E-state index in [9.17, 15) is 19.8 Å². The second-order valence-corrected chi connectivity index (χ2v) is 7.59. The van der Waals surface area contributed by atoms with Crippen LogP contribution in [0.5, 0.6) is 0 Å². The van der Waals surface area contributed by atoms with E-state index in [-0.39, 0.29) is 30.5 Å². The van der Waals surface area contributed by atoms with Crippen molar-refractivity contribution < 1.29 is 24.9 Å². The number of allylic oxidation sites excluding steroid dienone is 2. The minimum atomic E-state index is -0.919. The first kappa shape index (κ1) is 22.6. The number of carbonyl (C=O) groups excluding carboxylic acids is 1. The van der Waals surface area contributed by atoms with Crippen molar-refractivity contribution in [2.24, 2.45) is 11.8 Å². The van der Waals surface area contributed by atoms with Crippen LogP contribution in [-0.4, -0.2) is 38.8 Å². The summed E-state index contributed by atoms with van der Waals surface area (Å²) < 4.78 is 0. The highest BCUT2D eigenvalue weighted by atomic mass is 16.4. The third-order valence-corrected chi connectivity index (χ3v) is 5.01. The van der Waals surface area contributed by atoms with Gasteiger partial charge < -0.3 is 15.3 Å². The smallest absolute Gasteiger partial charge is 0.303 e. The highest BCUT2D eigenvalue weighted by molar-refractivity contribution is 5.84. The summed E-state index contributed by atoms with van der Waals surface area (Å²) in [7, 11) is 0. The summed E-state index contributed by atoms with van der Waals surface area (Å²) in [4.78, 5) is 22.6. The van der Waals surface area contributed by atoms with Crippen LogP contribution in [-0.2, 0) is 9.59 Å². The van der Waals surface area contributed by atoms with Crippen LogP contribution in [0.4, 0.5) is 0 Å². The molecule has 0 amide bonds. The van der Waals surface area contributed by atoms with Gasteiger partial charge in [0.1, 0.15) is 5.78 Å². The van der Waals surface area contributed by atoms with Gasteiger partial charge in [0, 0.05) is 24.7 Å². The van der Waals surface area contributed by atoms with E-state index in [1.54, 1.807) is 13.0 Å². The van der Waals surface area contributed by atoms with Crippen molar-refractivity contribution >= 4 is 11.8 Å². The van der Waals surface area contributed by atoms with E-state index in [0.29, 0.717) is 25.7 Å². The first-order valence-electron chi connectivity index (χ1n) is 9.76. The molecule has 1 aliphatic carbocycles. The fourth-order valence-corrected chi connectivity index (χ4v) is 3.39. The van der Waals surface area contributed by atoms with Gasteiger partial charge in [-0.1, -0.05) is 50.5 Å². The second-order valence-electron chi connectivity index (χ2n) is 7.59. The maximum absolute atomic E-state index is 12.2. The van der Waals surface area contributed by atoms with Gasteiger partial charge in [0.05, 0.1) is 11.7 Å². The lowest BCUT2D eigenvalue weighted by Gasteiger charge is -2.21. The Labute approximate surface area is 156 Å². The zero-order valence-electron chi connectivity index (χ0n) is 16.1. The Morgan fingerprint density at radius 2 is 2.00 bits per heavy atom. The first-order chi connectivity index (χ1) is 12.3. The Bertz CT molecular complexity index is 507. The number of carboxylic acids is 1. The quantitative estimate of drug-likeness (QED) is 0.362. The standard InChI is InChI=1S/C21H34O5/c1-3-4-9-13-21(2,26)14-12-17-16(18(22)15-19(17)23)10-7-5-6-8-11-20(24)25/h5,7,12,14,16-17,19,23,26H,3-4,6,8-11,13,15H2,1-2H3,(H,24,25)/t16-,17-,19-,21+/m1/s1. The number of rotatable bonds is 12. The van der Waals surface area contributed by atoms with Gasteiger partial charge in [-0.05, 0) is 32.6 Å². The fraction of sp³-hybridized carbons (Fsp3) is 0.714. The SMILES string of the molecule is CCCCC[C@](C)(O)C=C[C@H]1[C@H](O)CC(=O)[C@@H]1CC=CCCCC(=O)O. The summed E-state index contributed by atoms with van der Waals surface area (Å²) in [5.74, 6) is -1.30. The number of carbonyl (C=O) groups is 2. The summed E-state index contributed by atoms with van der Waals surface area (Å²) in [6.07, 6.45) is 12.5. The van der Waals surface area contributed by atoms with E-state index in [4.69, 9.17) is 5.11 Å². The molecule has 0 saturated heterocycles. The van der Waals surface area contributed by atoms with Crippen molar-refractivity contribution in [1.29, 1.82) is 0 Å². The molecule has 148 valence electrons. The number of ketones is 1. The molecule has 0 bridgehead atoms. The second kappa shape index (κ2) is 11.3. The van der Waals surface area contributed by atoms with Crippen molar-refractivity contribution in [1.82, 2.24) is 0 Å². The number of unbranched alkanes of at least 4 members (excludes halogenated alkanes) is 3. The Hall–Kier alpha value is -1.46. The molecule has 1 fully saturated rings. The molecule has 0 spiro atoms. The van der Waals surface area contributed by atoms with Crippen LogP contribution in [0.3, 0.4) is 0 Å². The maximum atomic E-state index is 12.2. The topological polar surface area (TPSA) is 94.8 Å². The van der Waals surface area contributed by atoms with Crippen molar-refractivity contribution in [3.63, 3.8) is 0 Å². The molecule has 1 rings (SSSR count). The van der Waals surface area contributed by atoms with Gasteiger partial charge >= 0.3 is 5.97 Å². The molecule has 5 heteroatoms. The van der Waals surface area contributed by atoms with E-state index < -0.39 is 17.7 Å². The highest BCUT2D eigenvalue weighted by Crippen LogP contribution is 2.34. The van der Waals surface area contributed by atoms with Gasteiger partial charge in [0.2, 0.25) is 0 Å². The minimum Gasteiger partial charge on any atom is -0.481 e. The maximum Gasteiger partial charge on any atom is 0.303 e. The minimum absolute atomic E-state index is 0.0490. The number of aliphatic hydroxyl groups excluding tert-OH is 1. The third kappa shape index (κ3) is 8.28. The van der Waals surface area contributed by atoms with Crippen LogP contribution in [0, 0.1) is 11.8 Å². The molecule has 1 saturated carbocycles. The third-order valence-electron chi connectivity index (χ3n) is 5.01. The Morgan fingerprint density at radius 1 is 1.27 bits per heavy atom. The van der Waals surface area contributed by atoms with Gasteiger partial charge in [0.15, 0.2) is 0 Å². The summed E-state index contributed by atoms with van der Waals surface area (Å²) in [6.45, 7) is 3.88. The summed E-state index contributed by atoms with van der Waals surface area (Å²) in [5, 5.41) is 29.3. The number of Topliss-reactive ketones (excluding diaryl/α,β-unsaturated/α-hetero) is 1. The largest absolute Gasteiger partial charge is 0.481 e. The van der Waals surface area contributed by atoms with E-state index >= 15 is 0 Å². The molecule has 0 unspecified atom stereocenters. The van der Waals surface area contributed by atoms with Gasteiger partial charge in [-0.3, -0.25) is 9.59 Å². The van der Waals surface area contributed by atoms with Crippen molar-refractivity contribution in [2.75, 3.05) is 0 Å². The van der Waals surface area contributed by atoms with Crippen LogP contribution in [0.15, 0.2) is 24.3 Å². The van der Waals surface area contributed by atoms with Crippen molar-refractivity contribution in [3.05, 3.63) is 24.3 Å². The van der Waals surface area contributed by atoms with Gasteiger partial charge in [-0.15, -0.1) is 0 Å². The molecule has 5 nitrogen and oxygen atoms in total. The number of carboxylic acid groups (broad SMARTS) is 1. The van der Waals surface area contributed by atoms with Crippen LogP contribution >= 0.6 is 0 Å². The fourth-order valence-electron chi connectivity index (χ4n) is 3.39. The zero-order valence-corrected chi connectivity index (χ0v) is 16.1. The lowest BCUT2D eigenvalue weighted by Crippen LogP contribution is -2.23. The van der Waals surface area contributed by atoms with E-state index in [2.05, 4.69) is 6.92 Å². The van der Waals surface area contributed by atoms with Crippen LogP contribution < -0.4 is 0 Å². The molecule has 4 atom stereocenters. The van der Waals surface area contributed by atoms with Gasteiger partial charge in [-0.2, -0.15) is 0 Å². The number of hydrogen-bond acceptors (Lipinski definition) is 4. The number of aliphatic carboxylic acids is 1. The average Bonchev–Trinajstić information content (AvgIpc) is 2.82. The normalized spacial score (nSPS) is 26.0. The molecule has 0 radical (unpaired) electrons. The van der Waals surface area contributed by atoms with E-state index in [1.165, 1.54) is 0 Å². The molecule has 0 heterocycles. The van der Waals surface area contributed by atoms with E-state index in [0.717, 1.165) is 19.3 Å². The Morgan fingerprint density at radius 3 is 2.65 bits per heavy atom. The lowest BCUT2D eigenvalue weighted by molar-refractivity contribution is -0.137. The molecule has 1 aliphatic rings. The molecule has 0 aromatic heterocycles. The Kier molecular flexibility index (Phi) is 9.81. The van der Waals surface area contributed by atoms with Gasteiger partial charge in [0.25, 0.3) is 0 Å². The van der Waals surface area contributed by atoms with Crippen LogP contribution in [0.25, 0.3) is 0 Å². The lowest BCUT2D eigenvalue weighted by atomic mass is 9.88. The molecule has 26 heavy (non-hydrogen) atoms. The van der Waals surface area contributed by atoms with Crippen molar-refractivity contribution in [3.8, 4) is 0 Å². The molecule has 0 aromatic rings. The summed E-state index contributed by atoms with van der Waals surface area (Å²) >= 11 is 0. The van der Waals surface area contributed by atoms with Crippen LogP contribution in [0.1, 0.15) is 71.6 Å². The first-order valence-corrected chi connectivity index (χ1v) is 9.76. The molecule has 0 aliphatic heterocycles. The average molecular weight is 366 g/mol. The summed E-state index contributed by atoms with van der Waals surface area (Å²) in [5.41, 5.74) is -0.919. The summed E-state index contributed by atoms with van der Waals surface area (Å²) in [6, 6.07) is 0. The zero-order chi connectivity index (χ0) is 19.6. The number of aliphatic hydroxyl groups is 2. The molecule has 3 N–H and O–H groups in total. The molecular formula is C21H34O5. The monoisotopic (exact) mass is 366 g/mol. The molecule has 0 aromatic carbocycles. The number of hydrogen-bond donors (Lipinski definition) is 3. The van der Waals surface area contributed by atoms with E-state index in [1.807, 2.05) is 18.2 Å². The molecular weight excluding hydrogens is 332 g/mol. The predicted octanol–water partition coefficient (Wildman–Crippen LogP) is 3.64. The van der Waals surface area contributed by atoms with Gasteiger partial charge in [-0.25, -0.2) is 0 Å². The van der Waals surface area contributed by atoms with Crippen LogP contribution in [0.2, 0.25) is 0 Å².